The van der Waals surface area contributed by atoms with Crippen molar-refractivity contribution in [1.29, 1.82) is 0 Å². The summed E-state index contributed by atoms with van der Waals surface area (Å²) in [6.45, 7) is 2.80. The van der Waals surface area contributed by atoms with Crippen LogP contribution in [0.1, 0.15) is 18.4 Å². The quantitative estimate of drug-likeness (QED) is 0.610. The zero-order valence-corrected chi connectivity index (χ0v) is 16.6. The SMILES string of the molecule is Cc1ccc(S(=O)(=O)NC[C@H]2CCCO2)cc1-c1cnc(N)c(-n2cncn2)n1. The fourth-order valence-corrected chi connectivity index (χ4v) is 4.23. The van der Waals surface area contributed by atoms with Crippen LogP contribution in [-0.4, -0.2) is 52.4 Å². The largest absolute Gasteiger partial charge is 0.381 e. The highest BCUT2D eigenvalue weighted by molar-refractivity contribution is 7.89. The number of benzene rings is 1. The molecule has 4 rings (SSSR count). The Balaban J connectivity index is 1.66. The molecule has 29 heavy (non-hydrogen) atoms. The summed E-state index contributed by atoms with van der Waals surface area (Å²) in [7, 11) is -3.69. The summed E-state index contributed by atoms with van der Waals surface area (Å²) in [5, 5.41) is 4.03. The molecular formula is C18H21N7O3S. The van der Waals surface area contributed by atoms with E-state index in [0.717, 1.165) is 18.4 Å². The average Bonchev–Trinajstić information content (AvgIpc) is 3.41. The molecule has 0 radical (unpaired) electrons. The lowest BCUT2D eigenvalue weighted by atomic mass is 10.1. The lowest BCUT2D eigenvalue weighted by Gasteiger charge is -2.13. The number of ether oxygens (including phenoxy) is 1. The number of nitrogens with one attached hydrogen (secondary N) is 1. The summed E-state index contributed by atoms with van der Waals surface area (Å²) in [5.41, 5.74) is 7.89. The highest BCUT2D eigenvalue weighted by atomic mass is 32.2. The molecule has 1 aromatic carbocycles. The highest BCUT2D eigenvalue weighted by Crippen LogP contribution is 2.26. The van der Waals surface area contributed by atoms with Crippen molar-refractivity contribution in [3.63, 3.8) is 0 Å². The summed E-state index contributed by atoms with van der Waals surface area (Å²) in [6.07, 6.45) is 6.06. The molecule has 152 valence electrons. The Bertz CT molecular complexity index is 1110. The van der Waals surface area contributed by atoms with Gasteiger partial charge in [0, 0.05) is 18.7 Å². The van der Waals surface area contributed by atoms with Crippen LogP contribution in [0.15, 0.2) is 41.9 Å². The summed E-state index contributed by atoms with van der Waals surface area (Å²) in [4.78, 5) is 12.7. The molecule has 1 atom stereocenters. The van der Waals surface area contributed by atoms with Gasteiger partial charge in [0.05, 0.1) is 22.9 Å². The number of aromatic nitrogens is 5. The van der Waals surface area contributed by atoms with Gasteiger partial charge in [-0.1, -0.05) is 6.07 Å². The van der Waals surface area contributed by atoms with Crippen LogP contribution in [0.3, 0.4) is 0 Å². The van der Waals surface area contributed by atoms with Gasteiger partial charge in [0.25, 0.3) is 0 Å². The summed E-state index contributed by atoms with van der Waals surface area (Å²) in [6, 6.07) is 4.89. The Morgan fingerprint density at radius 2 is 2.24 bits per heavy atom. The van der Waals surface area contributed by atoms with Crippen LogP contribution in [0.2, 0.25) is 0 Å². The molecule has 11 heteroatoms. The van der Waals surface area contributed by atoms with E-state index in [1.54, 1.807) is 18.2 Å². The number of hydrogen-bond donors (Lipinski definition) is 2. The predicted molar refractivity (Wildman–Crippen MR) is 106 cm³/mol. The number of sulfonamides is 1. The number of aryl methyl sites for hydroxylation is 1. The van der Waals surface area contributed by atoms with E-state index in [2.05, 4.69) is 24.8 Å². The van der Waals surface area contributed by atoms with Gasteiger partial charge in [0.15, 0.2) is 11.6 Å². The maximum Gasteiger partial charge on any atom is 0.240 e. The van der Waals surface area contributed by atoms with Crippen molar-refractivity contribution in [2.24, 2.45) is 0 Å². The molecule has 1 aliphatic heterocycles. The van der Waals surface area contributed by atoms with Crippen molar-refractivity contribution >= 4 is 15.8 Å². The predicted octanol–water partition coefficient (Wildman–Crippen LogP) is 1.07. The highest BCUT2D eigenvalue weighted by Gasteiger charge is 2.21. The number of nitrogens with two attached hydrogens (primary N) is 1. The molecule has 1 saturated heterocycles. The first-order valence-corrected chi connectivity index (χ1v) is 10.6. The Kier molecular flexibility index (Phi) is 5.26. The molecule has 1 aliphatic rings. The number of nitrogens with zero attached hydrogens (tertiary/aromatic N) is 5. The molecule has 3 N–H and O–H groups in total. The fraction of sp³-hybridized carbons (Fsp3) is 0.333. The zero-order valence-electron chi connectivity index (χ0n) is 15.8. The van der Waals surface area contributed by atoms with E-state index >= 15 is 0 Å². The van der Waals surface area contributed by atoms with Crippen LogP contribution in [0.5, 0.6) is 0 Å². The molecular weight excluding hydrogens is 394 g/mol. The van der Waals surface area contributed by atoms with Gasteiger partial charge in [-0.2, -0.15) is 9.78 Å². The molecule has 0 unspecified atom stereocenters. The van der Waals surface area contributed by atoms with Crippen LogP contribution in [0, 0.1) is 6.92 Å². The summed E-state index contributed by atoms with van der Waals surface area (Å²) >= 11 is 0. The van der Waals surface area contributed by atoms with Crippen molar-refractivity contribution in [2.75, 3.05) is 18.9 Å². The van der Waals surface area contributed by atoms with Crippen molar-refractivity contribution < 1.29 is 13.2 Å². The second-order valence-corrected chi connectivity index (χ2v) is 8.53. The minimum atomic E-state index is -3.69. The van der Waals surface area contributed by atoms with Crippen LogP contribution < -0.4 is 10.5 Å². The zero-order chi connectivity index (χ0) is 20.4. The van der Waals surface area contributed by atoms with E-state index in [-0.39, 0.29) is 23.4 Å². The summed E-state index contributed by atoms with van der Waals surface area (Å²) in [5.74, 6) is 0.517. The van der Waals surface area contributed by atoms with Crippen molar-refractivity contribution in [3.05, 3.63) is 42.6 Å². The van der Waals surface area contributed by atoms with Crippen molar-refractivity contribution in [1.82, 2.24) is 29.5 Å². The van der Waals surface area contributed by atoms with E-state index in [0.29, 0.717) is 23.7 Å². The van der Waals surface area contributed by atoms with E-state index in [1.165, 1.54) is 23.5 Å². The fourth-order valence-electron chi connectivity index (χ4n) is 3.14. The maximum atomic E-state index is 12.7. The van der Waals surface area contributed by atoms with E-state index in [4.69, 9.17) is 10.5 Å². The van der Waals surface area contributed by atoms with Gasteiger partial charge in [-0.25, -0.2) is 28.1 Å². The smallest absolute Gasteiger partial charge is 0.240 e. The van der Waals surface area contributed by atoms with Gasteiger partial charge >= 0.3 is 0 Å². The first kappa shape index (κ1) is 19.4. The van der Waals surface area contributed by atoms with Crippen LogP contribution in [0.4, 0.5) is 5.82 Å². The standard InChI is InChI=1S/C18H21N7O3S/c1-12-4-5-14(29(26,27)23-8-13-3-2-6-28-13)7-15(12)16-9-21-17(19)18(24-16)25-11-20-10-22-25/h4-5,7,9-11,13,23H,2-3,6,8H2,1H3,(H2,19,21)/t13-/m1/s1. The molecule has 1 fully saturated rings. The Labute approximate surface area is 168 Å². The number of nitrogen functional groups attached to an aromatic ring is 1. The normalized spacial score (nSPS) is 16.9. The second-order valence-electron chi connectivity index (χ2n) is 6.77. The number of rotatable bonds is 6. The Hall–Kier alpha value is -2.89. The van der Waals surface area contributed by atoms with E-state index < -0.39 is 10.0 Å². The van der Waals surface area contributed by atoms with E-state index in [9.17, 15) is 8.42 Å². The van der Waals surface area contributed by atoms with Gasteiger partial charge in [0.2, 0.25) is 10.0 Å². The van der Waals surface area contributed by atoms with Gasteiger partial charge in [-0.15, -0.1) is 0 Å². The van der Waals surface area contributed by atoms with Gasteiger partial charge < -0.3 is 10.5 Å². The molecule has 0 saturated carbocycles. The molecule has 0 aliphatic carbocycles. The molecule has 3 aromatic rings. The monoisotopic (exact) mass is 415 g/mol. The second kappa shape index (κ2) is 7.85. The van der Waals surface area contributed by atoms with Crippen LogP contribution >= 0.6 is 0 Å². The van der Waals surface area contributed by atoms with Crippen molar-refractivity contribution in [2.45, 2.75) is 30.8 Å². The van der Waals surface area contributed by atoms with Gasteiger partial charge in [0.1, 0.15) is 12.7 Å². The number of anilines is 1. The minimum Gasteiger partial charge on any atom is -0.381 e. The molecule has 0 spiro atoms. The lowest BCUT2D eigenvalue weighted by molar-refractivity contribution is 0.114. The number of hydrogen-bond acceptors (Lipinski definition) is 8. The maximum absolute atomic E-state index is 12.7. The molecule has 3 heterocycles. The molecule has 0 amide bonds. The molecule has 10 nitrogen and oxygen atoms in total. The third-order valence-electron chi connectivity index (χ3n) is 4.74. The average molecular weight is 415 g/mol. The lowest BCUT2D eigenvalue weighted by Crippen LogP contribution is -2.31. The molecule has 2 aromatic heterocycles. The first-order chi connectivity index (χ1) is 13.9. The van der Waals surface area contributed by atoms with Gasteiger partial charge in [-0.05, 0) is 37.5 Å². The topological polar surface area (TPSA) is 138 Å². The minimum absolute atomic E-state index is 0.0807. The third-order valence-corrected chi connectivity index (χ3v) is 6.16. The van der Waals surface area contributed by atoms with Gasteiger partial charge in [-0.3, -0.25) is 0 Å². The van der Waals surface area contributed by atoms with Crippen LogP contribution in [-0.2, 0) is 14.8 Å². The molecule has 0 bridgehead atoms. The van der Waals surface area contributed by atoms with Crippen LogP contribution in [0.25, 0.3) is 17.1 Å². The van der Waals surface area contributed by atoms with Crippen molar-refractivity contribution in [3.8, 4) is 17.1 Å². The van der Waals surface area contributed by atoms with E-state index in [1.807, 2.05) is 6.92 Å². The summed E-state index contributed by atoms with van der Waals surface area (Å²) < 4.78 is 35.0. The Morgan fingerprint density at radius 1 is 1.38 bits per heavy atom. The third kappa shape index (κ3) is 4.11. The Morgan fingerprint density at radius 3 is 2.97 bits per heavy atom. The first-order valence-electron chi connectivity index (χ1n) is 9.14.